The highest BCUT2D eigenvalue weighted by atomic mass is 35.5. The lowest BCUT2D eigenvalue weighted by Crippen LogP contribution is -2.31. The van der Waals surface area contributed by atoms with Crippen molar-refractivity contribution in [2.24, 2.45) is 5.92 Å². The molecule has 1 fully saturated rings. The molecule has 0 aromatic carbocycles. The minimum Gasteiger partial charge on any atom is -0.374 e. The fourth-order valence-corrected chi connectivity index (χ4v) is 2.26. The van der Waals surface area contributed by atoms with E-state index in [1.165, 1.54) is 12.8 Å². The molecule has 0 spiro atoms. The first kappa shape index (κ1) is 14.5. The molecule has 1 aliphatic rings. The van der Waals surface area contributed by atoms with E-state index in [1.54, 1.807) is 0 Å². The molecule has 0 saturated heterocycles. The normalized spacial score (nSPS) is 15.0. The van der Waals surface area contributed by atoms with Crippen LogP contribution in [0, 0.1) is 5.92 Å². The Morgan fingerprint density at radius 3 is 2.74 bits per heavy atom. The van der Waals surface area contributed by atoms with Gasteiger partial charge in [-0.1, -0.05) is 25.4 Å². The zero-order valence-corrected chi connectivity index (χ0v) is 12.7. The van der Waals surface area contributed by atoms with Crippen molar-refractivity contribution < 1.29 is 4.74 Å². The average molecular weight is 284 g/mol. The van der Waals surface area contributed by atoms with Crippen LogP contribution in [-0.4, -0.2) is 29.2 Å². The van der Waals surface area contributed by atoms with Gasteiger partial charge in [0, 0.05) is 25.3 Å². The van der Waals surface area contributed by atoms with E-state index in [9.17, 15) is 0 Å². The summed E-state index contributed by atoms with van der Waals surface area (Å²) in [6.07, 6.45) is 2.49. The lowest BCUT2D eigenvalue weighted by atomic mass is 10.2. The number of nitrogens with zero attached hydrogens (tertiary/aromatic N) is 3. The summed E-state index contributed by atoms with van der Waals surface area (Å²) in [5, 5.41) is 0.495. The van der Waals surface area contributed by atoms with Crippen molar-refractivity contribution in [2.45, 2.75) is 46.3 Å². The first-order valence-electron chi connectivity index (χ1n) is 6.98. The van der Waals surface area contributed by atoms with Gasteiger partial charge in [-0.2, -0.15) is 0 Å². The summed E-state index contributed by atoms with van der Waals surface area (Å²) in [6.45, 7) is 8.49. The molecule has 1 saturated carbocycles. The molecule has 0 amide bonds. The van der Waals surface area contributed by atoms with Crippen LogP contribution >= 0.6 is 11.6 Å². The molecule has 0 aliphatic heterocycles. The molecule has 1 heterocycles. The third-order valence-corrected chi connectivity index (χ3v) is 3.20. The molecule has 4 nitrogen and oxygen atoms in total. The Kier molecular flexibility index (Phi) is 4.99. The van der Waals surface area contributed by atoms with E-state index in [0.717, 1.165) is 12.4 Å². The lowest BCUT2D eigenvalue weighted by molar-refractivity contribution is 0.128. The van der Waals surface area contributed by atoms with E-state index < -0.39 is 0 Å². The van der Waals surface area contributed by atoms with Crippen molar-refractivity contribution in [3.05, 3.63) is 17.0 Å². The van der Waals surface area contributed by atoms with Gasteiger partial charge in [0.15, 0.2) is 5.82 Å². The molecule has 0 N–H and O–H groups in total. The number of anilines is 1. The Labute approximate surface area is 120 Å². The summed E-state index contributed by atoms with van der Waals surface area (Å²) in [4.78, 5) is 11.2. The molecular formula is C14H22ClN3O. The van der Waals surface area contributed by atoms with Crippen molar-refractivity contribution in [1.29, 1.82) is 0 Å². The molecule has 1 aromatic rings. The van der Waals surface area contributed by atoms with Crippen LogP contribution in [0.3, 0.4) is 0 Å². The van der Waals surface area contributed by atoms with Crippen LogP contribution < -0.4 is 4.90 Å². The standard InChI is InChI=1S/C14H22ClN3O/c1-4-19-9-13-16-12(15)7-14(17-13)18(8-10(2)3)11-5-6-11/h7,10-11H,4-6,8-9H2,1-3H3. The quantitative estimate of drug-likeness (QED) is 0.720. The highest BCUT2D eigenvalue weighted by Gasteiger charge is 2.30. The third-order valence-electron chi connectivity index (χ3n) is 3.01. The van der Waals surface area contributed by atoms with Crippen LogP contribution in [0.4, 0.5) is 5.82 Å². The van der Waals surface area contributed by atoms with Gasteiger partial charge >= 0.3 is 0 Å². The number of aromatic nitrogens is 2. The summed E-state index contributed by atoms with van der Waals surface area (Å²) in [6, 6.07) is 2.48. The predicted octanol–water partition coefficient (Wildman–Crippen LogP) is 3.29. The number of ether oxygens (including phenoxy) is 1. The maximum atomic E-state index is 6.10. The fraction of sp³-hybridized carbons (Fsp3) is 0.714. The summed E-state index contributed by atoms with van der Waals surface area (Å²) < 4.78 is 5.36. The van der Waals surface area contributed by atoms with Gasteiger partial charge in [-0.15, -0.1) is 0 Å². The second kappa shape index (κ2) is 6.53. The van der Waals surface area contributed by atoms with Gasteiger partial charge in [0.2, 0.25) is 0 Å². The smallest absolute Gasteiger partial charge is 0.158 e. The van der Waals surface area contributed by atoms with E-state index in [2.05, 4.69) is 28.7 Å². The molecule has 19 heavy (non-hydrogen) atoms. The Morgan fingerprint density at radius 1 is 1.42 bits per heavy atom. The second-order valence-corrected chi connectivity index (χ2v) is 5.77. The largest absolute Gasteiger partial charge is 0.374 e. The Balaban J connectivity index is 2.18. The number of halogens is 1. The third kappa shape index (κ3) is 4.32. The topological polar surface area (TPSA) is 38.2 Å². The predicted molar refractivity (Wildman–Crippen MR) is 77.6 cm³/mol. The minimum atomic E-state index is 0.421. The SMILES string of the molecule is CCOCc1nc(Cl)cc(N(CC(C)C)C2CC2)n1. The Bertz CT molecular complexity index is 421. The molecule has 106 valence electrons. The van der Waals surface area contributed by atoms with Crippen LogP contribution in [0.2, 0.25) is 5.15 Å². The highest BCUT2D eigenvalue weighted by Crippen LogP contribution is 2.32. The van der Waals surface area contributed by atoms with E-state index in [1.807, 2.05) is 13.0 Å². The molecule has 5 heteroatoms. The zero-order chi connectivity index (χ0) is 13.8. The Hall–Kier alpha value is -0.870. The lowest BCUT2D eigenvalue weighted by Gasteiger charge is -2.25. The summed E-state index contributed by atoms with van der Waals surface area (Å²) >= 11 is 6.10. The van der Waals surface area contributed by atoms with E-state index in [0.29, 0.717) is 36.2 Å². The maximum Gasteiger partial charge on any atom is 0.158 e. The summed E-state index contributed by atoms with van der Waals surface area (Å²) in [5.74, 6) is 2.20. The van der Waals surface area contributed by atoms with Gasteiger partial charge in [-0.25, -0.2) is 9.97 Å². The molecule has 0 unspecified atom stereocenters. The highest BCUT2D eigenvalue weighted by molar-refractivity contribution is 6.29. The molecule has 2 rings (SSSR count). The van der Waals surface area contributed by atoms with Crippen molar-refractivity contribution in [1.82, 2.24) is 9.97 Å². The van der Waals surface area contributed by atoms with Gasteiger partial charge in [-0.05, 0) is 25.7 Å². The van der Waals surface area contributed by atoms with Crippen LogP contribution in [0.5, 0.6) is 0 Å². The summed E-state index contributed by atoms with van der Waals surface area (Å²) in [7, 11) is 0. The van der Waals surface area contributed by atoms with Crippen LogP contribution in [0.1, 0.15) is 39.4 Å². The first-order chi connectivity index (χ1) is 9.10. The average Bonchev–Trinajstić information content (AvgIpc) is 3.16. The molecule has 1 aromatic heterocycles. The van der Waals surface area contributed by atoms with Crippen molar-refractivity contribution >= 4 is 17.4 Å². The van der Waals surface area contributed by atoms with Gasteiger partial charge in [0.1, 0.15) is 17.6 Å². The van der Waals surface area contributed by atoms with E-state index >= 15 is 0 Å². The van der Waals surface area contributed by atoms with Crippen molar-refractivity contribution in [2.75, 3.05) is 18.1 Å². The van der Waals surface area contributed by atoms with Gasteiger partial charge < -0.3 is 9.64 Å². The van der Waals surface area contributed by atoms with Crippen molar-refractivity contribution in [3.8, 4) is 0 Å². The number of rotatable bonds is 7. The first-order valence-corrected chi connectivity index (χ1v) is 7.35. The van der Waals surface area contributed by atoms with Gasteiger partial charge in [-0.3, -0.25) is 0 Å². The molecular weight excluding hydrogens is 262 g/mol. The minimum absolute atomic E-state index is 0.421. The second-order valence-electron chi connectivity index (χ2n) is 5.38. The van der Waals surface area contributed by atoms with Crippen LogP contribution in [-0.2, 0) is 11.3 Å². The van der Waals surface area contributed by atoms with Gasteiger partial charge in [0.25, 0.3) is 0 Å². The maximum absolute atomic E-state index is 6.10. The molecule has 0 bridgehead atoms. The van der Waals surface area contributed by atoms with Crippen LogP contribution in [0.25, 0.3) is 0 Å². The monoisotopic (exact) mass is 283 g/mol. The van der Waals surface area contributed by atoms with E-state index in [-0.39, 0.29) is 0 Å². The van der Waals surface area contributed by atoms with Gasteiger partial charge in [0.05, 0.1) is 0 Å². The van der Waals surface area contributed by atoms with Crippen molar-refractivity contribution in [3.63, 3.8) is 0 Å². The van der Waals surface area contributed by atoms with Crippen LogP contribution in [0.15, 0.2) is 6.07 Å². The summed E-state index contributed by atoms with van der Waals surface area (Å²) in [5.41, 5.74) is 0. The Morgan fingerprint density at radius 2 is 2.16 bits per heavy atom. The number of hydrogen-bond donors (Lipinski definition) is 0. The zero-order valence-electron chi connectivity index (χ0n) is 11.9. The van der Waals surface area contributed by atoms with E-state index in [4.69, 9.17) is 16.3 Å². The molecule has 0 atom stereocenters. The number of hydrogen-bond acceptors (Lipinski definition) is 4. The fourth-order valence-electron chi connectivity index (χ4n) is 2.07. The molecule has 0 radical (unpaired) electrons. The molecule has 1 aliphatic carbocycles.